The standard InChI is InChI=1S/C20H14BrFN2OS/c21-13-5-8-18-15(10-13)17-11-16(12-3-6-14(22)7-4-12)23-24(17)20(25-18)19-2-1-9-26-19/h1-10,17,20H,11H2/t17-,20+/m1/s1. The van der Waals surface area contributed by atoms with Crippen molar-refractivity contribution in [3.05, 3.63) is 86.3 Å². The molecule has 3 nitrogen and oxygen atoms in total. The quantitative estimate of drug-likeness (QED) is 0.507. The van der Waals surface area contributed by atoms with Crippen LogP contribution in [0, 0.1) is 5.82 Å². The van der Waals surface area contributed by atoms with E-state index in [1.165, 1.54) is 12.1 Å². The monoisotopic (exact) mass is 428 g/mol. The lowest BCUT2D eigenvalue weighted by Crippen LogP contribution is -2.33. The first-order valence-corrected chi connectivity index (χ1v) is 9.97. The number of nitrogens with zero attached hydrogens (tertiary/aromatic N) is 2. The number of fused-ring (bicyclic) bond motifs is 3. The van der Waals surface area contributed by atoms with Gasteiger partial charge in [-0.25, -0.2) is 9.40 Å². The van der Waals surface area contributed by atoms with E-state index in [1.807, 2.05) is 28.6 Å². The third-order valence-corrected chi connectivity index (χ3v) is 6.11. The number of thiophene rings is 1. The molecule has 2 aliphatic heterocycles. The third kappa shape index (κ3) is 2.64. The average Bonchev–Trinajstić information content (AvgIpc) is 3.32. The largest absolute Gasteiger partial charge is 0.464 e. The topological polar surface area (TPSA) is 24.8 Å². The summed E-state index contributed by atoms with van der Waals surface area (Å²) in [5.41, 5.74) is 3.02. The predicted molar refractivity (Wildman–Crippen MR) is 104 cm³/mol. The molecule has 130 valence electrons. The number of hydrazone groups is 1. The van der Waals surface area contributed by atoms with Gasteiger partial charge in [-0.2, -0.15) is 5.10 Å². The summed E-state index contributed by atoms with van der Waals surface area (Å²) >= 11 is 5.22. The van der Waals surface area contributed by atoms with Gasteiger partial charge in [0.15, 0.2) is 0 Å². The first-order chi connectivity index (χ1) is 12.7. The summed E-state index contributed by atoms with van der Waals surface area (Å²) in [5, 5.41) is 8.96. The second-order valence-corrected chi connectivity index (χ2v) is 8.22. The number of hydrogen-bond donors (Lipinski definition) is 0. The molecule has 0 N–H and O–H groups in total. The minimum absolute atomic E-state index is 0.100. The molecule has 1 aromatic heterocycles. The summed E-state index contributed by atoms with van der Waals surface area (Å²) in [6.45, 7) is 0. The molecule has 0 unspecified atom stereocenters. The normalized spacial score (nSPS) is 21.0. The van der Waals surface area contributed by atoms with Gasteiger partial charge in [-0.05, 0) is 47.3 Å². The number of benzene rings is 2. The average molecular weight is 429 g/mol. The first kappa shape index (κ1) is 16.0. The van der Waals surface area contributed by atoms with E-state index in [9.17, 15) is 4.39 Å². The van der Waals surface area contributed by atoms with Gasteiger partial charge < -0.3 is 4.74 Å². The van der Waals surface area contributed by atoms with Crippen molar-refractivity contribution in [2.24, 2.45) is 5.10 Å². The molecular weight excluding hydrogens is 415 g/mol. The van der Waals surface area contributed by atoms with Crippen molar-refractivity contribution in [3.63, 3.8) is 0 Å². The van der Waals surface area contributed by atoms with Crippen LogP contribution in [-0.2, 0) is 0 Å². The van der Waals surface area contributed by atoms with Gasteiger partial charge in [0.05, 0.1) is 16.6 Å². The van der Waals surface area contributed by atoms with Crippen LogP contribution in [0.5, 0.6) is 5.75 Å². The highest BCUT2D eigenvalue weighted by Crippen LogP contribution is 2.48. The Morgan fingerprint density at radius 2 is 2.00 bits per heavy atom. The fourth-order valence-corrected chi connectivity index (χ4v) is 4.62. The van der Waals surface area contributed by atoms with Gasteiger partial charge in [0, 0.05) is 16.5 Å². The maximum Gasteiger partial charge on any atom is 0.222 e. The van der Waals surface area contributed by atoms with Crippen LogP contribution in [0.3, 0.4) is 0 Å². The molecule has 0 spiro atoms. The Morgan fingerprint density at radius 1 is 1.15 bits per heavy atom. The van der Waals surface area contributed by atoms with E-state index in [1.54, 1.807) is 23.5 Å². The highest BCUT2D eigenvalue weighted by molar-refractivity contribution is 9.10. The van der Waals surface area contributed by atoms with Crippen LogP contribution >= 0.6 is 27.3 Å². The van der Waals surface area contributed by atoms with E-state index in [0.717, 1.165) is 38.4 Å². The van der Waals surface area contributed by atoms with Crippen molar-refractivity contribution < 1.29 is 9.13 Å². The SMILES string of the molecule is Fc1ccc(C2=NN3[C@H](C2)c2cc(Br)ccc2O[C@H]3c2cccs2)cc1. The molecule has 2 aromatic carbocycles. The van der Waals surface area contributed by atoms with Crippen LogP contribution in [0.1, 0.15) is 34.7 Å². The zero-order valence-corrected chi connectivity index (χ0v) is 16.0. The van der Waals surface area contributed by atoms with Gasteiger partial charge in [0.25, 0.3) is 0 Å². The van der Waals surface area contributed by atoms with Crippen LogP contribution in [0.25, 0.3) is 0 Å². The summed E-state index contributed by atoms with van der Waals surface area (Å²) in [6, 6.07) is 16.8. The maximum atomic E-state index is 13.3. The summed E-state index contributed by atoms with van der Waals surface area (Å²) in [7, 11) is 0. The van der Waals surface area contributed by atoms with Crippen molar-refractivity contribution in [3.8, 4) is 5.75 Å². The van der Waals surface area contributed by atoms with E-state index in [-0.39, 0.29) is 18.1 Å². The molecule has 0 bridgehead atoms. The Kier molecular flexibility index (Phi) is 3.83. The van der Waals surface area contributed by atoms with Gasteiger partial charge >= 0.3 is 0 Å². The Balaban J connectivity index is 1.60. The lowest BCUT2D eigenvalue weighted by molar-refractivity contribution is -0.0166. The number of ether oxygens (including phenoxy) is 1. The van der Waals surface area contributed by atoms with Crippen molar-refractivity contribution in [1.29, 1.82) is 0 Å². The van der Waals surface area contributed by atoms with E-state index in [0.29, 0.717) is 0 Å². The van der Waals surface area contributed by atoms with Crippen LogP contribution < -0.4 is 4.74 Å². The van der Waals surface area contributed by atoms with E-state index in [4.69, 9.17) is 9.84 Å². The molecule has 26 heavy (non-hydrogen) atoms. The molecular formula is C20H14BrFN2OS. The second kappa shape index (κ2) is 6.21. The summed E-state index contributed by atoms with van der Waals surface area (Å²) in [4.78, 5) is 1.12. The zero-order chi connectivity index (χ0) is 17.7. The number of hydrogen-bond acceptors (Lipinski definition) is 4. The molecule has 0 amide bonds. The zero-order valence-electron chi connectivity index (χ0n) is 13.6. The molecule has 2 aliphatic rings. The lowest BCUT2D eigenvalue weighted by atomic mass is 9.96. The predicted octanol–water partition coefficient (Wildman–Crippen LogP) is 5.89. The highest BCUT2D eigenvalue weighted by Gasteiger charge is 2.41. The molecule has 3 heterocycles. The Morgan fingerprint density at radius 3 is 2.77 bits per heavy atom. The van der Waals surface area contributed by atoms with Crippen LogP contribution in [0.4, 0.5) is 4.39 Å². The van der Waals surface area contributed by atoms with Crippen LogP contribution in [0.15, 0.2) is 69.6 Å². The van der Waals surface area contributed by atoms with Gasteiger partial charge in [-0.1, -0.05) is 34.1 Å². The Hall–Kier alpha value is -2.18. The van der Waals surface area contributed by atoms with E-state index in [2.05, 4.69) is 28.1 Å². The first-order valence-electron chi connectivity index (χ1n) is 8.30. The fourth-order valence-electron chi connectivity index (χ4n) is 3.49. The van der Waals surface area contributed by atoms with E-state index >= 15 is 0 Å². The molecule has 0 saturated carbocycles. The minimum Gasteiger partial charge on any atom is -0.464 e. The van der Waals surface area contributed by atoms with Crippen molar-refractivity contribution in [1.82, 2.24) is 5.01 Å². The molecule has 6 heteroatoms. The number of halogens is 2. The molecule has 2 atom stereocenters. The summed E-state index contributed by atoms with van der Waals surface area (Å²) < 4.78 is 20.6. The minimum atomic E-state index is -0.244. The molecule has 0 aliphatic carbocycles. The molecule has 5 rings (SSSR count). The van der Waals surface area contributed by atoms with Crippen LogP contribution in [-0.4, -0.2) is 10.7 Å². The number of rotatable bonds is 2. The van der Waals surface area contributed by atoms with Crippen LogP contribution in [0.2, 0.25) is 0 Å². The molecule has 0 radical (unpaired) electrons. The van der Waals surface area contributed by atoms with Gasteiger partial charge in [0.1, 0.15) is 11.6 Å². The summed E-state index contributed by atoms with van der Waals surface area (Å²) in [6.07, 6.45) is 0.520. The van der Waals surface area contributed by atoms with Crippen molar-refractivity contribution in [2.45, 2.75) is 18.7 Å². The Bertz CT molecular complexity index is 988. The summed E-state index contributed by atoms with van der Waals surface area (Å²) in [5.74, 6) is 0.655. The van der Waals surface area contributed by atoms with Gasteiger partial charge in [0.2, 0.25) is 6.23 Å². The van der Waals surface area contributed by atoms with Gasteiger partial charge in [-0.3, -0.25) is 0 Å². The maximum absolute atomic E-state index is 13.3. The van der Waals surface area contributed by atoms with Gasteiger partial charge in [-0.15, -0.1) is 11.3 Å². The fraction of sp³-hybridized carbons (Fsp3) is 0.150. The van der Waals surface area contributed by atoms with Crippen molar-refractivity contribution in [2.75, 3.05) is 0 Å². The van der Waals surface area contributed by atoms with E-state index < -0.39 is 0 Å². The molecule has 3 aromatic rings. The second-order valence-electron chi connectivity index (χ2n) is 6.32. The third-order valence-electron chi connectivity index (χ3n) is 4.72. The van der Waals surface area contributed by atoms with Crippen molar-refractivity contribution >= 4 is 33.0 Å². The molecule has 0 saturated heterocycles. The molecule has 0 fully saturated rings. The smallest absolute Gasteiger partial charge is 0.222 e. The lowest BCUT2D eigenvalue weighted by Gasteiger charge is -2.37. The Labute approximate surface area is 162 Å². The highest BCUT2D eigenvalue weighted by atomic mass is 79.9.